The van der Waals surface area contributed by atoms with Gasteiger partial charge in [0.15, 0.2) is 0 Å². The molecule has 1 aromatic carbocycles. The van der Waals surface area contributed by atoms with E-state index in [0.717, 1.165) is 19.3 Å². The monoisotopic (exact) mass is 370 g/mol. The average Bonchev–Trinajstić information content (AvgIpc) is 2.90. The lowest BCUT2D eigenvalue weighted by molar-refractivity contribution is -0.122. The number of fused-ring (bicyclic) bond motifs is 2. The summed E-state index contributed by atoms with van der Waals surface area (Å²) < 4.78 is 19.0. The predicted molar refractivity (Wildman–Crippen MR) is 98.7 cm³/mol. The number of halogens is 2. The van der Waals surface area contributed by atoms with E-state index in [9.17, 15) is 9.18 Å². The Morgan fingerprint density at radius 2 is 2.08 bits per heavy atom. The van der Waals surface area contributed by atoms with Crippen LogP contribution in [-0.2, 0) is 4.79 Å². The quantitative estimate of drug-likeness (QED) is 0.773. The molecule has 140 valence electrons. The molecule has 2 N–H and O–H groups in total. The first-order valence-electron chi connectivity index (χ1n) is 9.07. The summed E-state index contributed by atoms with van der Waals surface area (Å²) in [6.07, 6.45) is 5.95. The number of amides is 1. The zero-order valence-corrected chi connectivity index (χ0v) is 15.5. The Kier molecular flexibility index (Phi) is 7.51. The minimum absolute atomic E-state index is 0. The number of hydrogen-bond donors (Lipinski definition) is 2. The molecule has 2 aliphatic heterocycles. The highest BCUT2D eigenvalue weighted by molar-refractivity contribution is 5.85. The van der Waals surface area contributed by atoms with Crippen LogP contribution in [0.15, 0.2) is 24.3 Å². The molecule has 6 heteroatoms. The molecule has 0 saturated carbocycles. The van der Waals surface area contributed by atoms with Crippen LogP contribution in [0.1, 0.15) is 45.4 Å². The molecule has 0 radical (unpaired) electrons. The van der Waals surface area contributed by atoms with Crippen LogP contribution in [0.2, 0.25) is 0 Å². The molecule has 1 amide bonds. The molecule has 2 heterocycles. The largest absolute Gasteiger partial charge is 0.489 e. The van der Waals surface area contributed by atoms with Crippen LogP contribution in [0.3, 0.4) is 0 Å². The lowest BCUT2D eigenvalue weighted by Gasteiger charge is -2.28. The highest BCUT2D eigenvalue weighted by Crippen LogP contribution is 2.32. The number of hydrogen-bond acceptors (Lipinski definition) is 3. The third kappa shape index (κ3) is 5.86. The fourth-order valence-electron chi connectivity index (χ4n) is 3.91. The summed E-state index contributed by atoms with van der Waals surface area (Å²) in [4.78, 5) is 12.2. The molecular formula is C19H28ClFN2O2. The van der Waals surface area contributed by atoms with Crippen LogP contribution in [0.5, 0.6) is 5.75 Å². The van der Waals surface area contributed by atoms with E-state index in [1.54, 1.807) is 12.1 Å². The van der Waals surface area contributed by atoms with E-state index in [1.807, 2.05) is 6.92 Å². The average molecular weight is 371 g/mol. The zero-order valence-electron chi connectivity index (χ0n) is 14.7. The van der Waals surface area contributed by atoms with Gasteiger partial charge in [-0.3, -0.25) is 4.79 Å². The maximum absolute atomic E-state index is 13.2. The van der Waals surface area contributed by atoms with Gasteiger partial charge in [0.2, 0.25) is 5.91 Å². The van der Waals surface area contributed by atoms with E-state index in [4.69, 9.17) is 4.74 Å². The number of nitrogens with one attached hydrogen (secondary N) is 2. The van der Waals surface area contributed by atoms with Crippen molar-refractivity contribution in [2.45, 2.75) is 63.6 Å². The Morgan fingerprint density at radius 1 is 1.36 bits per heavy atom. The standard InChI is InChI=1S/C19H27FN2O2.ClH/c1-2-17(24-18-5-3-4-14(20)11-18)12-21-19(23)10-13-8-15-6-7-16(9-13)22-15;/h3-5,11,13,15-17,22H,2,6-10,12H2,1H3,(H,21,23);1H. The zero-order chi connectivity index (χ0) is 16.9. The first-order chi connectivity index (χ1) is 11.6. The molecule has 0 spiro atoms. The normalized spacial score (nSPS) is 25.8. The van der Waals surface area contributed by atoms with Gasteiger partial charge in [-0.15, -0.1) is 12.4 Å². The molecule has 0 aromatic heterocycles. The van der Waals surface area contributed by atoms with Gasteiger partial charge in [0.1, 0.15) is 17.7 Å². The van der Waals surface area contributed by atoms with Gasteiger partial charge in [-0.1, -0.05) is 13.0 Å². The van der Waals surface area contributed by atoms with Crippen molar-refractivity contribution in [2.24, 2.45) is 5.92 Å². The molecule has 3 atom stereocenters. The molecule has 3 unspecified atom stereocenters. The fraction of sp³-hybridized carbons (Fsp3) is 0.632. The Labute approximate surface area is 155 Å². The minimum Gasteiger partial charge on any atom is -0.489 e. The van der Waals surface area contributed by atoms with E-state index in [2.05, 4.69) is 10.6 Å². The van der Waals surface area contributed by atoms with E-state index in [0.29, 0.717) is 36.7 Å². The van der Waals surface area contributed by atoms with E-state index >= 15 is 0 Å². The number of piperidine rings is 1. The minimum atomic E-state index is -0.313. The van der Waals surface area contributed by atoms with Crippen LogP contribution in [-0.4, -0.2) is 30.6 Å². The van der Waals surface area contributed by atoms with Crippen LogP contribution in [0.4, 0.5) is 4.39 Å². The maximum Gasteiger partial charge on any atom is 0.220 e. The van der Waals surface area contributed by atoms with Crippen molar-refractivity contribution in [1.29, 1.82) is 0 Å². The second kappa shape index (κ2) is 9.39. The van der Waals surface area contributed by atoms with Crippen molar-refractivity contribution in [3.63, 3.8) is 0 Å². The highest BCUT2D eigenvalue weighted by atomic mass is 35.5. The van der Waals surface area contributed by atoms with Gasteiger partial charge in [0.25, 0.3) is 0 Å². The molecular weight excluding hydrogens is 343 g/mol. The van der Waals surface area contributed by atoms with E-state index in [-0.39, 0.29) is 30.2 Å². The van der Waals surface area contributed by atoms with Crippen molar-refractivity contribution in [3.8, 4) is 5.75 Å². The molecule has 4 nitrogen and oxygen atoms in total. The van der Waals surface area contributed by atoms with Gasteiger partial charge in [0.05, 0.1) is 6.54 Å². The summed E-state index contributed by atoms with van der Waals surface area (Å²) in [6, 6.07) is 7.35. The van der Waals surface area contributed by atoms with Crippen LogP contribution < -0.4 is 15.4 Å². The molecule has 2 fully saturated rings. The van der Waals surface area contributed by atoms with Crippen LogP contribution in [0.25, 0.3) is 0 Å². The molecule has 2 saturated heterocycles. The first-order valence-corrected chi connectivity index (χ1v) is 9.07. The third-order valence-electron chi connectivity index (χ3n) is 5.13. The lowest BCUT2D eigenvalue weighted by atomic mass is 9.89. The van der Waals surface area contributed by atoms with Crippen LogP contribution >= 0.6 is 12.4 Å². The number of carbonyl (C=O) groups is 1. The highest BCUT2D eigenvalue weighted by Gasteiger charge is 2.34. The smallest absolute Gasteiger partial charge is 0.220 e. The Balaban J connectivity index is 0.00000225. The number of benzene rings is 1. The Hall–Kier alpha value is -1.33. The van der Waals surface area contributed by atoms with Gasteiger partial charge >= 0.3 is 0 Å². The Bertz CT molecular complexity index is 560. The second-order valence-electron chi connectivity index (χ2n) is 7.09. The van der Waals surface area contributed by atoms with Gasteiger partial charge in [-0.25, -0.2) is 4.39 Å². The molecule has 1 aromatic rings. The summed E-state index contributed by atoms with van der Waals surface area (Å²) in [6.45, 7) is 2.46. The molecule has 2 aliphatic rings. The predicted octanol–water partition coefficient (Wildman–Crippen LogP) is 3.44. The second-order valence-corrected chi connectivity index (χ2v) is 7.09. The van der Waals surface area contributed by atoms with Crippen molar-refractivity contribution in [2.75, 3.05) is 6.54 Å². The van der Waals surface area contributed by atoms with Crippen LogP contribution in [0, 0.1) is 11.7 Å². The number of carbonyl (C=O) groups excluding carboxylic acids is 1. The first kappa shape index (κ1) is 20.0. The van der Waals surface area contributed by atoms with Gasteiger partial charge in [-0.05, 0) is 50.2 Å². The SMILES string of the molecule is CCC(CNC(=O)CC1CC2CCC(C1)N2)Oc1cccc(F)c1.Cl. The lowest BCUT2D eigenvalue weighted by Crippen LogP contribution is -2.41. The summed E-state index contributed by atoms with van der Waals surface area (Å²) in [7, 11) is 0. The summed E-state index contributed by atoms with van der Waals surface area (Å²) in [5, 5.41) is 6.59. The topological polar surface area (TPSA) is 50.4 Å². The van der Waals surface area contributed by atoms with E-state index < -0.39 is 0 Å². The molecule has 3 rings (SSSR count). The summed E-state index contributed by atoms with van der Waals surface area (Å²) >= 11 is 0. The number of rotatable bonds is 7. The van der Waals surface area contributed by atoms with Crippen molar-refractivity contribution in [3.05, 3.63) is 30.1 Å². The van der Waals surface area contributed by atoms with Crippen molar-refractivity contribution in [1.82, 2.24) is 10.6 Å². The van der Waals surface area contributed by atoms with Crippen molar-refractivity contribution < 1.29 is 13.9 Å². The summed E-state index contributed by atoms with van der Waals surface area (Å²) in [5.41, 5.74) is 0. The fourth-order valence-corrected chi connectivity index (χ4v) is 3.91. The van der Waals surface area contributed by atoms with Gasteiger partial charge in [-0.2, -0.15) is 0 Å². The Morgan fingerprint density at radius 3 is 2.72 bits per heavy atom. The molecule has 25 heavy (non-hydrogen) atoms. The number of ether oxygens (including phenoxy) is 1. The summed E-state index contributed by atoms with van der Waals surface area (Å²) in [5.74, 6) is 0.786. The molecule has 0 aliphatic carbocycles. The van der Waals surface area contributed by atoms with Gasteiger partial charge in [0, 0.05) is 24.6 Å². The van der Waals surface area contributed by atoms with Gasteiger partial charge < -0.3 is 15.4 Å². The third-order valence-corrected chi connectivity index (χ3v) is 5.13. The molecule has 2 bridgehead atoms. The maximum atomic E-state index is 13.2. The van der Waals surface area contributed by atoms with Crippen molar-refractivity contribution >= 4 is 18.3 Å². The van der Waals surface area contributed by atoms with E-state index in [1.165, 1.54) is 25.0 Å².